The number of carbonyl (C=O) groups excluding carboxylic acids is 2. The molecule has 6 heteroatoms. The number of rotatable bonds is 4. The molecule has 1 amide bonds. The lowest BCUT2D eigenvalue weighted by Gasteiger charge is -2.29. The molecule has 0 aliphatic rings. The largest absolute Gasteiger partial charge is 0.470 e. The number of amides is 1. The SMILES string of the molecule is CCCCC(=O)ON(OC(C)(C)C)C(=O)OC(C)(C)C. The van der Waals surface area contributed by atoms with Gasteiger partial charge in [0.15, 0.2) is 0 Å². The first-order valence-electron chi connectivity index (χ1n) is 6.87. The van der Waals surface area contributed by atoms with E-state index in [4.69, 9.17) is 14.4 Å². The van der Waals surface area contributed by atoms with E-state index in [1.807, 2.05) is 6.92 Å². The van der Waals surface area contributed by atoms with Crippen LogP contribution in [0.2, 0.25) is 0 Å². The second kappa shape index (κ2) is 7.47. The Hall–Kier alpha value is -1.30. The lowest BCUT2D eigenvalue weighted by Crippen LogP contribution is -2.42. The summed E-state index contributed by atoms with van der Waals surface area (Å²) < 4.78 is 5.14. The van der Waals surface area contributed by atoms with E-state index in [0.29, 0.717) is 11.6 Å². The average molecular weight is 289 g/mol. The molecule has 0 aliphatic heterocycles. The summed E-state index contributed by atoms with van der Waals surface area (Å²) in [5.74, 6) is -0.526. The molecule has 0 N–H and O–H groups in total. The van der Waals surface area contributed by atoms with E-state index in [1.54, 1.807) is 41.5 Å². The molecule has 0 saturated heterocycles. The molecule has 0 aromatic heterocycles. The van der Waals surface area contributed by atoms with Gasteiger partial charge >= 0.3 is 12.1 Å². The Labute approximate surface area is 121 Å². The number of unbranched alkanes of at least 4 members (excludes halogenated alkanes) is 1. The molecule has 118 valence electrons. The van der Waals surface area contributed by atoms with E-state index < -0.39 is 23.3 Å². The summed E-state index contributed by atoms with van der Waals surface area (Å²) in [6.07, 6.45) is 0.929. The summed E-state index contributed by atoms with van der Waals surface area (Å²) in [6, 6.07) is 0. The van der Waals surface area contributed by atoms with E-state index in [-0.39, 0.29) is 6.42 Å². The topological polar surface area (TPSA) is 65.1 Å². The third kappa shape index (κ3) is 9.61. The van der Waals surface area contributed by atoms with Gasteiger partial charge in [-0.1, -0.05) is 13.3 Å². The van der Waals surface area contributed by atoms with Crippen LogP contribution in [0.4, 0.5) is 4.79 Å². The van der Waals surface area contributed by atoms with E-state index in [0.717, 1.165) is 6.42 Å². The summed E-state index contributed by atoms with van der Waals surface area (Å²) in [5.41, 5.74) is -1.39. The van der Waals surface area contributed by atoms with Gasteiger partial charge < -0.3 is 9.57 Å². The lowest BCUT2D eigenvalue weighted by molar-refractivity contribution is -0.353. The van der Waals surface area contributed by atoms with Gasteiger partial charge in [0, 0.05) is 11.6 Å². The number of ether oxygens (including phenoxy) is 1. The highest BCUT2D eigenvalue weighted by molar-refractivity contribution is 5.72. The summed E-state index contributed by atoms with van der Waals surface area (Å²) in [4.78, 5) is 33.8. The van der Waals surface area contributed by atoms with Crippen LogP contribution in [0.3, 0.4) is 0 Å². The van der Waals surface area contributed by atoms with Gasteiger partial charge in [0.05, 0.1) is 5.60 Å². The molecule has 0 unspecified atom stereocenters. The maximum atomic E-state index is 11.9. The van der Waals surface area contributed by atoms with Crippen molar-refractivity contribution in [3.05, 3.63) is 0 Å². The van der Waals surface area contributed by atoms with Crippen LogP contribution in [-0.4, -0.2) is 28.5 Å². The number of hydrogen-bond donors (Lipinski definition) is 0. The molecule has 0 fully saturated rings. The van der Waals surface area contributed by atoms with E-state index in [9.17, 15) is 9.59 Å². The zero-order chi connectivity index (χ0) is 16.0. The predicted molar refractivity (Wildman–Crippen MR) is 74.5 cm³/mol. The van der Waals surface area contributed by atoms with Crippen LogP contribution in [-0.2, 0) is 19.2 Å². The Morgan fingerprint density at radius 2 is 1.55 bits per heavy atom. The number of carbonyl (C=O) groups is 2. The van der Waals surface area contributed by atoms with Gasteiger partial charge in [0.25, 0.3) is 0 Å². The third-order valence-electron chi connectivity index (χ3n) is 1.82. The summed E-state index contributed by atoms with van der Waals surface area (Å²) in [7, 11) is 0. The second-order valence-corrected chi connectivity index (χ2v) is 6.51. The maximum absolute atomic E-state index is 11.9. The van der Waals surface area contributed by atoms with Crippen molar-refractivity contribution in [2.45, 2.75) is 78.9 Å². The Balaban J connectivity index is 4.72. The zero-order valence-electron chi connectivity index (χ0n) is 13.6. The van der Waals surface area contributed by atoms with Crippen LogP contribution in [0, 0.1) is 0 Å². The molecule has 20 heavy (non-hydrogen) atoms. The van der Waals surface area contributed by atoms with Crippen molar-refractivity contribution >= 4 is 12.1 Å². The van der Waals surface area contributed by atoms with Crippen molar-refractivity contribution < 1.29 is 24.0 Å². The monoisotopic (exact) mass is 289 g/mol. The van der Waals surface area contributed by atoms with Gasteiger partial charge in [-0.2, -0.15) is 0 Å². The molecule has 0 aromatic carbocycles. The Kier molecular flexibility index (Phi) is 6.99. The first-order chi connectivity index (χ1) is 8.94. The number of hydrogen-bond acceptors (Lipinski definition) is 5. The van der Waals surface area contributed by atoms with Crippen LogP contribution in [0.1, 0.15) is 67.7 Å². The second-order valence-electron chi connectivity index (χ2n) is 6.51. The standard InChI is InChI=1S/C14H27NO5/c1-8-9-10-11(16)19-15(20-14(5,6)7)12(17)18-13(2,3)4/h8-10H2,1-7H3. The van der Waals surface area contributed by atoms with Crippen molar-refractivity contribution in [2.24, 2.45) is 0 Å². The minimum atomic E-state index is -0.850. The quantitative estimate of drug-likeness (QED) is 0.740. The van der Waals surface area contributed by atoms with Crippen LogP contribution in [0.15, 0.2) is 0 Å². The van der Waals surface area contributed by atoms with Crippen molar-refractivity contribution in [1.29, 1.82) is 0 Å². The van der Waals surface area contributed by atoms with Gasteiger partial charge in [-0.3, -0.25) is 0 Å². The van der Waals surface area contributed by atoms with Crippen molar-refractivity contribution in [2.75, 3.05) is 0 Å². The van der Waals surface area contributed by atoms with E-state index >= 15 is 0 Å². The van der Waals surface area contributed by atoms with Gasteiger partial charge in [0.2, 0.25) is 0 Å². The van der Waals surface area contributed by atoms with E-state index in [2.05, 4.69) is 0 Å². The first kappa shape index (κ1) is 18.7. The highest BCUT2D eigenvalue weighted by Gasteiger charge is 2.30. The fourth-order valence-electron chi connectivity index (χ4n) is 1.10. The molecule has 0 bridgehead atoms. The van der Waals surface area contributed by atoms with Gasteiger partial charge in [-0.25, -0.2) is 14.4 Å². The molecule has 0 rings (SSSR count). The Morgan fingerprint density at radius 3 is 1.95 bits per heavy atom. The van der Waals surface area contributed by atoms with Gasteiger partial charge in [0.1, 0.15) is 5.60 Å². The van der Waals surface area contributed by atoms with Crippen molar-refractivity contribution in [3.8, 4) is 0 Å². The summed E-state index contributed by atoms with van der Waals surface area (Å²) in [5, 5.41) is 0.531. The average Bonchev–Trinajstić information content (AvgIpc) is 2.21. The number of nitrogens with zero attached hydrogens (tertiary/aromatic N) is 1. The molecule has 6 nitrogen and oxygen atoms in total. The smallest absolute Gasteiger partial charge is 0.440 e. The van der Waals surface area contributed by atoms with Crippen molar-refractivity contribution in [1.82, 2.24) is 5.23 Å². The molecular weight excluding hydrogens is 262 g/mol. The van der Waals surface area contributed by atoms with Crippen LogP contribution in [0.5, 0.6) is 0 Å². The molecule has 0 spiro atoms. The molecule has 0 radical (unpaired) electrons. The van der Waals surface area contributed by atoms with Crippen LogP contribution < -0.4 is 0 Å². The molecule has 0 saturated carbocycles. The third-order valence-corrected chi connectivity index (χ3v) is 1.82. The van der Waals surface area contributed by atoms with Gasteiger partial charge in [-0.15, -0.1) is 0 Å². The highest BCUT2D eigenvalue weighted by Crippen LogP contribution is 2.16. The summed E-state index contributed by atoms with van der Waals surface area (Å²) >= 11 is 0. The first-order valence-corrected chi connectivity index (χ1v) is 6.87. The number of hydroxylamine groups is 2. The summed E-state index contributed by atoms with van der Waals surface area (Å²) in [6.45, 7) is 12.3. The Bertz CT molecular complexity index is 327. The van der Waals surface area contributed by atoms with Crippen LogP contribution in [0.25, 0.3) is 0 Å². The molecular formula is C14H27NO5. The fourth-order valence-corrected chi connectivity index (χ4v) is 1.10. The van der Waals surface area contributed by atoms with Gasteiger partial charge in [-0.05, 0) is 48.0 Å². The molecule has 0 aliphatic carbocycles. The predicted octanol–water partition coefficient (Wildman–Crippen LogP) is 3.60. The Morgan fingerprint density at radius 1 is 1.00 bits per heavy atom. The molecule has 0 heterocycles. The fraction of sp³-hybridized carbons (Fsp3) is 0.857. The normalized spacial score (nSPS) is 11.9. The minimum absolute atomic E-state index is 0.225. The molecule has 0 aromatic rings. The van der Waals surface area contributed by atoms with Crippen molar-refractivity contribution in [3.63, 3.8) is 0 Å². The van der Waals surface area contributed by atoms with E-state index in [1.165, 1.54) is 0 Å². The minimum Gasteiger partial charge on any atom is -0.440 e. The van der Waals surface area contributed by atoms with Crippen LogP contribution >= 0.6 is 0 Å². The zero-order valence-corrected chi connectivity index (χ0v) is 13.6. The maximum Gasteiger partial charge on any atom is 0.470 e. The lowest BCUT2D eigenvalue weighted by atomic mass is 10.2. The highest BCUT2D eigenvalue weighted by atomic mass is 17.0. The molecule has 0 atom stereocenters.